The molecule has 0 bridgehead atoms. The minimum atomic E-state index is -3.41. The molecule has 1 saturated carbocycles. The van der Waals surface area contributed by atoms with Gasteiger partial charge < -0.3 is 10.6 Å². The van der Waals surface area contributed by atoms with Crippen LogP contribution in [0.2, 0.25) is 0 Å². The Bertz CT molecular complexity index is 699. The van der Waals surface area contributed by atoms with Crippen molar-refractivity contribution in [3.8, 4) is 0 Å². The average Bonchev–Trinajstić information content (AvgIpc) is 3.39. The largest absolute Gasteiger partial charge is 0.338 e. The van der Waals surface area contributed by atoms with E-state index in [0.717, 1.165) is 37.7 Å². The number of sulfonamides is 1. The molecule has 2 aliphatic rings. The van der Waals surface area contributed by atoms with Crippen molar-refractivity contribution in [3.63, 3.8) is 0 Å². The van der Waals surface area contributed by atoms with Crippen molar-refractivity contribution in [2.75, 3.05) is 13.1 Å². The van der Waals surface area contributed by atoms with Crippen molar-refractivity contribution in [2.45, 2.75) is 62.4 Å². The predicted molar refractivity (Wildman–Crippen MR) is 96.9 cm³/mol. The second kappa shape index (κ2) is 7.74. The molecule has 1 aromatic carbocycles. The number of nitrogens with one attached hydrogen (secondary N) is 2. The van der Waals surface area contributed by atoms with Crippen molar-refractivity contribution in [2.24, 2.45) is 0 Å². The Balaban J connectivity index is 1.54. The lowest BCUT2D eigenvalue weighted by molar-refractivity contribution is 0.240. The lowest BCUT2D eigenvalue weighted by Gasteiger charge is -2.32. The normalized spacial score (nSPS) is 21.7. The van der Waals surface area contributed by atoms with Gasteiger partial charge >= 0.3 is 6.03 Å². The molecular weight excluding hydrogens is 338 g/mol. The van der Waals surface area contributed by atoms with E-state index in [9.17, 15) is 13.2 Å². The number of nitrogens with zero attached hydrogens (tertiary/aromatic N) is 1. The number of piperidine rings is 1. The number of carbonyl (C=O) groups is 1. The molecule has 6 nitrogen and oxygen atoms in total. The highest BCUT2D eigenvalue weighted by atomic mass is 32.2. The van der Waals surface area contributed by atoms with E-state index in [1.54, 1.807) is 16.4 Å². The molecule has 7 heteroatoms. The highest BCUT2D eigenvalue weighted by Gasteiger charge is 2.30. The van der Waals surface area contributed by atoms with Gasteiger partial charge in [0.15, 0.2) is 0 Å². The lowest BCUT2D eigenvalue weighted by Crippen LogP contribution is -2.41. The summed E-state index contributed by atoms with van der Waals surface area (Å²) in [5.41, 5.74) is 1.01. The van der Waals surface area contributed by atoms with Crippen LogP contribution in [0.15, 0.2) is 29.2 Å². The third-order valence-corrected chi connectivity index (χ3v) is 6.91. The van der Waals surface area contributed by atoms with E-state index in [2.05, 4.69) is 10.6 Å². The second-order valence-corrected chi connectivity index (χ2v) is 8.92. The van der Waals surface area contributed by atoms with Crippen molar-refractivity contribution in [1.82, 2.24) is 14.9 Å². The molecule has 1 aromatic rings. The Morgan fingerprint density at radius 2 is 1.88 bits per heavy atom. The molecule has 1 aliphatic heterocycles. The maximum Gasteiger partial charge on any atom is 0.315 e. The van der Waals surface area contributed by atoms with Crippen LogP contribution in [0.25, 0.3) is 0 Å². The molecule has 1 atom stereocenters. The van der Waals surface area contributed by atoms with Crippen molar-refractivity contribution in [1.29, 1.82) is 0 Å². The standard InChI is InChI=1S/C18H27N3O3S/c1-14-4-2-3-13-21(14)25(23,24)17-9-5-15(6-10-17)11-12-19-18(22)20-16-7-8-16/h5-6,9-10,14,16H,2-4,7-8,11-13H2,1H3,(H2,19,20,22). The summed E-state index contributed by atoms with van der Waals surface area (Å²) in [5, 5.41) is 5.70. The molecule has 1 heterocycles. The van der Waals surface area contributed by atoms with Gasteiger partial charge in [-0.15, -0.1) is 0 Å². The molecule has 2 amide bonds. The topological polar surface area (TPSA) is 78.5 Å². The quantitative estimate of drug-likeness (QED) is 0.812. The first-order chi connectivity index (χ1) is 12.0. The summed E-state index contributed by atoms with van der Waals surface area (Å²) in [6, 6.07) is 7.31. The van der Waals surface area contributed by atoms with Gasteiger partial charge in [-0.3, -0.25) is 0 Å². The molecule has 1 aliphatic carbocycles. The van der Waals surface area contributed by atoms with Gasteiger partial charge in [-0.05, 0) is 56.7 Å². The fourth-order valence-corrected chi connectivity index (χ4v) is 4.88. The Kier molecular flexibility index (Phi) is 5.64. The molecule has 2 fully saturated rings. The summed E-state index contributed by atoms with van der Waals surface area (Å²) in [7, 11) is -3.41. The lowest BCUT2D eigenvalue weighted by atomic mass is 10.1. The maximum atomic E-state index is 12.8. The van der Waals surface area contributed by atoms with Gasteiger partial charge in [0, 0.05) is 25.2 Å². The molecule has 0 aromatic heterocycles. The molecule has 1 saturated heterocycles. The molecule has 3 rings (SSSR count). The van der Waals surface area contributed by atoms with Gasteiger partial charge in [-0.25, -0.2) is 13.2 Å². The molecule has 0 radical (unpaired) electrons. The van der Waals surface area contributed by atoms with Gasteiger partial charge in [0.25, 0.3) is 0 Å². The molecule has 0 spiro atoms. The zero-order valence-electron chi connectivity index (χ0n) is 14.7. The van der Waals surface area contributed by atoms with Crippen LogP contribution >= 0.6 is 0 Å². The number of amides is 2. The molecule has 138 valence electrons. The van der Waals surface area contributed by atoms with E-state index in [-0.39, 0.29) is 12.1 Å². The fourth-order valence-electron chi connectivity index (χ4n) is 3.18. The molecule has 2 N–H and O–H groups in total. The number of carbonyl (C=O) groups excluding carboxylic acids is 1. The van der Waals surface area contributed by atoms with Gasteiger partial charge in [-0.2, -0.15) is 4.31 Å². The van der Waals surface area contributed by atoms with E-state index in [0.29, 0.717) is 30.4 Å². The maximum absolute atomic E-state index is 12.8. The summed E-state index contributed by atoms with van der Waals surface area (Å²) in [5.74, 6) is 0. The first-order valence-electron chi connectivity index (χ1n) is 9.12. The van der Waals surface area contributed by atoms with Crippen molar-refractivity contribution < 1.29 is 13.2 Å². The third-order valence-electron chi connectivity index (χ3n) is 4.88. The molecular formula is C18H27N3O3S. The van der Waals surface area contributed by atoms with Crippen LogP contribution in [0, 0.1) is 0 Å². The Morgan fingerprint density at radius 3 is 2.52 bits per heavy atom. The number of benzene rings is 1. The van der Waals surface area contributed by atoms with Crippen LogP contribution in [0.1, 0.15) is 44.6 Å². The highest BCUT2D eigenvalue weighted by Crippen LogP contribution is 2.25. The molecule has 25 heavy (non-hydrogen) atoms. The monoisotopic (exact) mass is 365 g/mol. The van der Waals surface area contributed by atoms with Gasteiger partial charge in [-0.1, -0.05) is 18.6 Å². The number of urea groups is 1. The van der Waals surface area contributed by atoms with Crippen LogP contribution in [0.3, 0.4) is 0 Å². The minimum Gasteiger partial charge on any atom is -0.338 e. The van der Waals surface area contributed by atoms with Crippen molar-refractivity contribution >= 4 is 16.1 Å². The van der Waals surface area contributed by atoms with Crippen molar-refractivity contribution in [3.05, 3.63) is 29.8 Å². The Hall–Kier alpha value is -1.60. The van der Waals surface area contributed by atoms with E-state index < -0.39 is 10.0 Å². The fraction of sp³-hybridized carbons (Fsp3) is 0.611. The van der Waals surface area contributed by atoms with Crippen LogP contribution in [-0.4, -0.2) is 43.9 Å². The zero-order chi connectivity index (χ0) is 17.9. The summed E-state index contributed by atoms with van der Waals surface area (Å²) in [4.78, 5) is 11.9. The van der Waals surface area contributed by atoms with Gasteiger partial charge in [0.1, 0.15) is 0 Å². The smallest absolute Gasteiger partial charge is 0.315 e. The Labute approximate surface area is 150 Å². The van der Waals surface area contributed by atoms with Crippen LogP contribution in [0.4, 0.5) is 4.79 Å². The minimum absolute atomic E-state index is 0.0626. The number of hydrogen-bond acceptors (Lipinski definition) is 3. The van der Waals surface area contributed by atoms with Gasteiger partial charge in [0.2, 0.25) is 10.0 Å². The molecule has 1 unspecified atom stereocenters. The van der Waals surface area contributed by atoms with E-state index in [1.807, 2.05) is 19.1 Å². The van der Waals surface area contributed by atoms with Crippen LogP contribution in [0.5, 0.6) is 0 Å². The van der Waals surface area contributed by atoms with Gasteiger partial charge in [0.05, 0.1) is 4.90 Å². The second-order valence-electron chi connectivity index (χ2n) is 7.03. The summed E-state index contributed by atoms with van der Waals surface area (Å²) >= 11 is 0. The number of hydrogen-bond donors (Lipinski definition) is 2. The predicted octanol–water partition coefficient (Wildman–Crippen LogP) is 2.25. The first-order valence-corrected chi connectivity index (χ1v) is 10.6. The van der Waals surface area contributed by atoms with E-state index >= 15 is 0 Å². The first kappa shape index (κ1) is 18.2. The summed E-state index contributed by atoms with van der Waals surface area (Å²) < 4.78 is 27.2. The van der Waals surface area contributed by atoms with Crippen LogP contribution in [-0.2, 0) is 16.4 Å². The van der Waals surface area contributed by atoms with E-state index in [1.165, 1.54) is 0 Å². The summed E-state index contributed by atoms with van der Waals surface area (Å²) in [6.07, 6.45) is 5.76. The zero-order valence-corrected chi connectivity index (χ0v) is 15.5. The summed E-state index contributed by atoms with van der Waals surface area (Å²) in [6.45, 7) is 3.11. The third kappa shape index (κ3) is 4.73. The number of rotatable bonds is 6. The Morgan fingerprint density at radius 1 is 1.16 bits per heavy atom. The van der Waals surface area contributed by atoms with E-state index in [4.69, 9.17) is 0 Å². The highest BCUT2D eigenvalue weighted by molar-refractivity contribution is 7.89. The average molecular weight is 365 g/mol. The van der Waals surface area contributed by atoms with Crippen LogP contribution < -0.4 is 10.6 Å². The SMILES string of the molecule is CC1CCCCN1S(=O)(=O)c1ccc(CCNC(=O)NC2CC2)cc1.